The van der Waals surface area contributed by atoms with E-state index in [0.29, 0.717) is 18.2 Å². The van der Waals surface area contributed by atoms with Crippen LogP contribution in [0.4, 0.5) is 18.0 Å². The molecule has 1 aliphatic heterocycles. The van der Waals surface area contributed by atoms with Crippen molar-refractivity contribution in [1.29, 1.82) is 0 Å². The predicted molar refractivity (Wildman–Crippen MR) is 86.9 cm³/mol. The molecule has 2 amide bonds. The first kappa shape index (κ1) is 18.3. The number of ether oxygens (including phenoxy) is 1. The lowest BCUT2D eigenvalue weighted by Gasteiger charge is -2.36. The number of nitrogens with one attached hydrogen (secondary N) is 1. The maximum absolute atomic E-state index is 13.4. The van der Waals surface area contributed by atoms with E-state index >= 15 is 0 Å². The van der Waals surface area contributed by atoms with Gasteiger partial charge in [-0.2, -0.15) is 13.2 Å². The summed E-state index contributed by atoms with van der Waals surface area (Å²) in [6, 6.07) is 3.18. The first-order chi connectivity index (χ1) is 12.2. The molecule has 0 bridgehead atoms. The van der Waals surface area contributed by atoms with Crippen LogP contribution < -0.4 is 5.32 Å². The highest BCUT2D eigenvalue weighted by Gasteiger charge is 2.42. The highest BCUT2D eigenvalue weighted by Crippen LogP contribution is 2.40. The second-order valence-corrected chi connectivity index (χ2v) is 6.51. The first-order valence-corrected chi connectivity index (χ1v) is 8.27. The molecular weight excluding hydrogens is 349 g/mol. The lowest BCUT2D eigenvalue weighted by Crippen LogP contribution is -2.49. The molecule has 1 aromatic rings. The van der Waals surface area contributed by atoms with Crippen LogP contribution in [0.1, 0.15) is 36.9 Å². The van der Waals surface area contributed by atoms with E-state index in [2.05, 4.69) is 5.32 Å². The van der Waals surface area contributed by atoms with E-state index in [1.165, 1.54) is 23.1 Å². The summed E-state index contributed by atoms with van der Waals surface area (Å²) >= 11 is 0. The van der Waals surface area contributed by atoms with Gasteiger partial charge in [-0.15, -0.1) is 0 Å². The molecule has 26 heavy (non-hydrogen) atoms. The van der Waals surface area contributed by atoms with Crippen LogP contribution in [-0.4, -0.2) is 30.6 Å². The molecule has 8 heteroatoms. The Hall–Kier alpha value is -2.51. The molecule has 1 aromatic carbocycles. The lowest BCUT2D eigenvalue weighted by molar-refractivity contribution is -0.140. The number of esters is 1. The molecule has 1 aliphatic carbocycles. The van der Waals surface area contributed by atoms with Gasteiger partial charge in [0.25, 0.3) is 0 Å². The Balaban J connectivity index is 2.10. The molecule has 0 spiro atoms. The Labute approximate surface area is 148 Å². The normalized spacial score (nSPS) is 20.9. The summed E-state index contributed by atoms with van der Waals surface area (Å²) in [5.74, 6) is -0.404. The largest absolute Gasteiger partial charge is 0.466 e. The fourth-order valence-corrected chi connectivity index (χ4v) is 3.17. The van der Waals surface area contributed by atoms with E-state index in [1.54, 1.807) is 6.92 Å². The zero-order valence-electron chi connectivity index (χ0n) is 14.4. The summed E-state index contributed by atoms with van der Waals surface area (Å²) in [4.78, 5) is 26.3. The SMILES string of the molecule is COC(=O)C1=C(C)N(CC2CC2)C(=O)N[C@H]1c1ccccc1C(F)(F)F. The maximum Gasteiger partial charge on any atom is 0.416 e. The first-order valence-electron chi connectivity index (χ1n) is 8.27. The third-order valence-corrected chi connectivity index (χ3v) is 4.72. The summed E-state index contributed by atoms with van der Waals surface area (Å²) in [6.07, 6.45) is -2.63. The molecule has 1 N–H and O–H groups in total. The Kier molecular flexibility index (Phi) is 4.68. The number of rotatable bonds is 4. The number of hydrogen-bond acceptors (Lipinski definition) is 3. The van der Waals surface area contributed by atoms with Crippen LogP contribution >= 0.6 is 0 Å². The van der Waals surface area contributed by atoms with Crippen molar-refractivity contribution in [2.45, 2.75) is 32.0 Å². The highest BCUT2D eigenvalue weighted by atomic mass is 19.4. The van der Waals surface area contributed by atoms with E-state index in [-0.39, 0.29) is 11.1 Å². The molecule has 5 nitrogen and oxygen atoms in total. The Morgan fingerprint density at radius 3 is 2.54 bits per heavy atom. The van der Waals surface area contributed by atoms with Crippen LogP contribution in [0.5, 0.6) is 0 Å². The Morgan fingerprint density at radius 2 is 1.96 bits per heavy atom. The number of alkyl halides is 3. The van der Waals surface area contributed by atoms with Crippen molar-refractivity contribution in [2.75, 3.05) is 13.7 Å². The van der Waals surface area contributed by atoms with E-state index < -0.39 is 29.8 Å². The van der Waals surface area contributed by atoms with Gasteiger partial charge in [0.05, 0.1) is 24.3 Å². The van der Waals surface area contributed by atoms with E-state index in [0.717, 1.165) is 26.0 Å². The average Bonchev–Trinajstić information content (AvgIpc) is 3.41. The van der Waals surface area contributed by atoms with Crippen molar-refractivity contribution in [3.8, 4) is 0 Å². The number of halogens is 3. The molecule has 2 aliphatic rings. The monoisotopic (exact) mass is 368 g/mol. The van der Waals surface area contributed by atoms with Crippen molar-refractivity contribution in [2.24, 2.45) is 5.92 Å². The molecule has 3 rings (SSSR count). The van der Waals surface area contributed by atoms with Crippen LogP contribution in [0, 0.1) is 5.92 Å². The van der Waals surface area contributed by atoms with E-state index in [4.69, 9.17) is 4.74 Å². The number of hydrogen-bond donors (Lipinski definition) is 1. The molecular formula is C18H19F3N2O3. The molecule has 1 atom stereocenters. The number of allylic oxidation sites excluding steroid dienone is 1. The zero-order chi connectivity index (χ0) is 19.1. The van der Waals surface area contributed by atoms with E-state index in [9.17, 15) is 22.8 Å². The van der Waals surface area contributed by atoms with Gasteiger partial charge in [0.15, 0.2) is 0 Å². The number of carbonyl (C=O) groups is 2. The number of methoxy groups -OCH3 is 1. The summed E-state index contributed by atoms with van der Waals surface area (Å²) in [6.45, 7) is 2.00. The summed E-state index contributed by atoms with van der Waals surface area (Å²) in [5.41, 5.74) is -0.728. The van der Waals surface area contributed by atoms with Gasteiger partial charge < -0.3 is 10.1 Å². The predicted octanol–water partition coefficient (Wildman–Crippen LogP) is 3.63. The summed E-state index contributed by atoms with van der Waals surface area (Å²) in [7, 11) is 1.16. The van der Waals surface area contributed by atoms with Crippen LogP contribution in [0.15, 0.2) is 35.5 Å². The van der Waals surface area contributed by atoms with Gasteiger partial charge >= 0.3 is 18.2 Å². The number of nitrogens with zero attached hydrogens (tertiary/aromatic N) is 1. The van der Waals surface area contributed by atoms with Crippen molar-refractivity contribution < 1.29 is 27.5 Å². The Morgan fingerprint density at radius 1 is 1.31 bits per heavy atom. The number of amides is 2. The standard InChI is InChI=1S/C18H19F3N2O3/c1-10-14(16(24)26-2)15(22-17(25)23(10)9-11-7-8-11)12-5-3-4-6-13(12)18(19,20)21/h3-6,11,15H,7-9H2,1-2H3,(H,22,25)/t15-/m0/s1. The molecule has 1 heterocycles. The van der Waals surface area contributed by atoms with Crippen LogP contribution in [-0.2, 0) is 15.7 Å². The molecule has 0 unspecified atom stereocenters. The van der Waals surface area contributed by atoms with Gasteiger partial charge in [0, 0.05) is 12.2 Å². The van der Waals surface area contributed by atoms with Gasteiger partial charge in [0.2, 0.25) is 0 Å². The molecule has 0 radical (unpaired) electrons. The third-order valence-electron chi connectivity index (χ3n) is 4.72. The zero-order valence-corrected chi connectivity index (χ0v) is 14.4. The topological polar surface area (TPSA) is 58.6 Å². The van der Waals surface area contributed by atoms with Crippen LogP contribution in [0.2, 0.25) is 0 Å². The van der Waals surface area contributed by atoms with Gasteiger partial charge in [-0.3, -0.25) is 4.90 Å². The number of urea groups is 1. The maximum atomic E-state index is 13.4. The van der Waals surface area contributed by atoms with Gasteiger partial charge in [-0.05, 0) is 37.3 Å². The van der Waals surface area contributed by atoms with Crippen molar-refractivity contribution in [1.82, 2.24) is 10.2 Å². The lowest BCUT2D eigenvalue weighted by atomic mass is 9.91. The minimum absolute atomic E-state index is 0.0180. The second-order valence-electron chi connectivity index (χ2n) is 6.51. The summed E-state index contributed by atoms with van der Waals surface area (Å²) in [5, 5.41) is 2.55. The molecule has 0 aromatic heterocycles. The molecule has 140 valence electrons. The minimum Gasteiger partial charge on any atom is -0.466 e. The highest BCUT2D eigenvalue weighted by molar-refractivity contribution is 5.95. The van der Waals surface area contributed by atoms with Crippen molar-refractivity contribution >= 4 is 12.0 Å². The van der Waals surface area contributed by atoms with Gasteiger partial charge in [0.1, 0.15) is 0 Å². The fraction of sp³-hybridized carbons (Fsp3) is 0.444. The molecule has 0 saturated heterocycles. The van der Waals surface area contributed by atoms with Gasteiger partial charge in [-0.1, -0.05) is 18.2 Å². The van der Waals surface area contributed by atoms with E-state index in [1.807, 2.05) is 0 Å². The Bertz CT molecular complexity index is 769. The van der Waals surface area contributed by atoms with Gasteiger partial charge in [-0.25, -0.2) is 9.59 Å². The van der Waals surface area contributed by atoms with Crippen molar-refractivity contribution in [3.05, 3.63) is 46.7 Å². The second kappa shape index (κ2) is 6.66. The number of carbonyl (C=O) groups excluding carboxylic acids is 2. The summed E-state index contributed by atoms with van der Waals surface area (Å²) < 4.78 is 45.0. The smallest absolute Gasteiger partial charge is 0.416 e. The third kappa shape index (κ3) is 3.40. The average molecular weight is 368 g/mol. The van der Waals surface area contributed by atoms with Crippen LogP contribution in [0.3, 0.4) is 0 Å². The van der Waals surface area contributed by atoms with Crippen LogP contribution in [0.25, 0.3) is 0 Å². The minimum atomic E-state index is -4.61. The molecule has 1 fully saturated rings. The number of benzene rings is 1. The fourth-order valence-electron chi connectivity index (χ4n) is 3.17. The molecule has 1 saturated carbocycles. The quantitative estimate of drug-likeness (QED) is 0.826. The van der Waals surface area contributed by atoms with Crippen molar-refractivity contribution in [3.63, 3.8) is 0 Å².